The monoisotopic (exact) mass is 183 g/mol. The lowest BCUT2D eigenvalue weighted by Gasteiger charge is -2.27. The number of hydrogen-bond donors (Lipinski definition) is 2. The Morgan fingerprint density at radius 1 is 1.38 bits per heavy atom. The van der Waals surface area contributed by atoms with Crippen LogP contribution in [-0.2, 0) is 0 Å². The van der Waals surface area contributed by atoms with Crippen LogP contribution in [0.5, 0.6) is 0 Å². The summed E-state index contributed by atoms with van der Waals surface area (Å²) in [7, 11) is 0. The van der Waals surface area contributed by atoms with Crippen molar-refractivity contribution in [3.63, 3.8) is 0 Å². The molecule has 1 aliphatic rings. The molecule has 1 atom stereocenters. The maximum Gasteiger partial charge on any atom is 0.102 e. The largest absolute Gasteiger partial charge is 0.379 e. The number of nitrogens with one attached hydrogen (secondary N) is 1. The molecule has 0 heterocycles. The Kier molecular flexibility index (Phi) is 3.94. The SMILES string of the molecule is CC(C)=C1CCC(NC(C)O)CC1. The fourth-order valence-corrected chi connectivity index (χ4v) is 1.97. The van der Waals surface area contributed by atoms with E-state index in [9.17, 15) is 0 Å². The maximum absolute atomic E-state index is 9.16. The van der Waals surface area contributed by atoms with Gasteiger partial charge in [0.15, 0.2) is 0 Å². The van der Waals surface area contributed by atoms with E-state index in [4.69, 9.17) is 5.11 Å². The van der Waals surface area contributed by atoms with Gasteiger partial charge in [0.2, 0.25) is 0 Å². The van der Waals surface area contributed by atoms with Crippen LogP contribution in [0.15, 0.2) is 11.1 Å². The van der Waals surface area contributed by atoms with Crippen molar-refractivity contribution in [2.75, 3.05) is 0 Å². The average molecular weight is 183 g/mol. The molecule has 0 amide bonds. The minimum atomic E-state index is -0.363. The van der Waals surface area contributed by atoms with Crippen LogP contribution in [-0.4, -0.2) is 17.4 Å². The van der Waals surface area contributed by atoms with Crippen molar-refractivity contribution in [2.24, 2.45) is 0 Å². The highest BCUT2D eigenvalue weighted by molar-refractivity contribution is 5.12. The van der Waals surface area contributed by atoms with Gasteiger partial charge in [-0.3, -0.25) is 5.32 Å². The van der Waals surface area contributed by atoms with Gasteiger partial charge in [0.1, 0.15) is 6.23 Å². The summed E-state index contributed by atoms with van der Waals surface area (Å²) >= 11 is 0. The van der Waals surface area contributed by atoms with Gasteiger partial charge >= 0.3 is 0 Å². The number of rotatable bonds is 2. The predicted molar refractivity (Wildman–Crippen MR) is 55.4 cm³/mol. The summed E-state index contributed by atoms with van der Waals surface area (Å²) in [6.45, 7) is 6.17. The van der Waals surface area contributed by atoms with E-state index >= 15 is 0 Å². The molecule has 0 spiro atoms. The molecule has 0 radical (unpaired) electrons. The first kappa shape index (κ1) is 10.7. The molecule has 2 heteroatoms. The van der Waals surface area contributed by atoms with Gasteiger partial charge in [-0.25, -0.2) is 0 Å². The normalized spacial score (nSPS) is 25.8. The van der Waals surface area contributed by atoms with Crippen LogP contribution in [0.2, 0.25) is 0 Å². The molecule has 1 aliphatic carbocycles. The Morgan fingerprint density at radius 3 is 2.31 bits per heavy atom. The Morgan fingerprint density at radius 2 is 1.92 bits per heavy atom. The molecule has 0 aromatic heterocycles. The van der Waals surface area contributed by atoms with Crippen LogP contribution < -0.4 is 5.32 Å². The van der Waals surface area contributed by atoms with Crippen LogP contribution >= 0.6 is 0 Å². The van der Waals surface area contributed by atoms with E-state index in [1.54, 1.807) is 12.5 Å². The minimum absolute atomic E-state index is 0.363. The van der Waals surface area contributed by atoms with Gasteiger partial charge in [-0.15, -0.1) is 0 Å². The second-order valence-corrected chi connectivity index (χ2v) is 4.22. The predicted octanol–water partition coefficient (Wildman–Crippen LogP) is 2.19. The highest BCUT2D eigenvalue weighted by Crippen LogP contribution is 2.25. The zero-order valence-electron chi connectivity index (χ0n) is 8.93. The lowest BCUT2D eigenvalue weighted by Crippen LogP contribution is -2.37. The van der Waals surface area contributed by atoms with E-state index in [0.29, 0.717) is 6.04 Å². The standard InChI is InChI=1S/C11H21NO/c1-8(2)10-4-6-11(7-5-10)12-9(3)13/h9,11-13H,4-7H2,1-3H3. The van der Waals surface area contributed by atoms with Crippen LogP contribution in [0.25, 0.3) is 0 Å². The molecule has 1 rings (SSSR count). The van der Waals surface area contributed by atoms with Gasteiger partial charge in [0.05, 0.1) is 0 Å². The molecule has 13 heavy (non-hydrogen) atoms. The molecule has 0 bridgehead atoms. The molecule has 2 N–H and O–H groups in total. The van der Waals surface area contributed by atoms with Crippen molar-refractivity contribution in [1.82, 2.24) is 5.32 Å². The summed E-state index contributed by atoms with van der Waals surface area (Å²) in [5, 5.41) is 12.3. The first-order valence-corrected chi connectivity index (χ1v) is 5.19. The minimum Gasteiger partial charge on any atom is -0.379 e. The van der Waals surface area contributed by atoms with Crippen molar-refractivity contribution >= 4 is 0 Å². The van der Waals surface area contributed by atoms with Crippen molar-refractivity contribution in [3.8, 4) is 0 Å². The van der Waals surface area contributed by atoms with E-state index in [0.717, 1.165) is 0 Å². The maximum atomic E-state index is 9.16. The van der Waals surface area contributed by atoms with Crippen molar-refractivity contribution in [1.29, 1.82) is 0 Å². The van der Waals surface area contributed by atoms with Crippen molar-refractivity contribution in [2.45, 2.75) is 58.7 Å². The summed E-state index contributed by atoms with van der Waals surface area (Å²) in [6.07, 6.45) is 4.38. The van der Waals surface area contributed by atoms with Gasteiger partial charge in [0, 0.05) is 6.04 Å². The molecule has 0 aromatic carbocycles. The van der Waals surface area contributed by atoms with Gasteiger partial charge in [-0.1, -0.05) is 11.1 Å². The molecular formula is C11H21NO. The van der Waals surface area contributed by atoms with E-state index in [-0.39, 0.29) is 6.23 Å². The van der Waals surface area contributed by atoms with Crippen LogP contribution in [0.3, 0.4) is 0 Å². The molecule has 1 unspecified atom stereocenters. The molecule has 1 fully saturated rings. The molecule has 0 aromatic rings. The Bertz CT molecular complexity index is 182. The molecule has 76 valence electrons. The third kappa shape index (κ3) is 3.49. The third-order valence-electron chi connectivity index (χ3n) is 2.77. The lowest BCUT2D eigenvalue weighted by atomic mass is 9.88. The fourth-order valence-electron chi connectivity index (χ4n) is 1.97. The van der Waals surface area contributed by atoms with E-state index < -0.39 is 0 Å². The Labute approximate surface area is 81.0 Å². The van der Waals surface area contributed by atoms with Gasteiger partial charge in [0.25, 0.3) is 0 Å². The zero-order valence-corrected chi connectivity index (χ0v) is 8.93. The van der Waals surface area contributed by atoms with E-state index in [1.807, 2.05) is 0 Å². The smallest absolute Gasteiger partial charge is 0.102 e. The molecule has 0 aliphatic heterocycles. The third-order valence-corrected chi connectivity index (χ3v) is 2.77. The summed E-state index contributed by atoms with van der Waals surface area (Å²) in [5.74, 6) is 0. The first-order chi connectivity index (χ1) is 6.09. The summed E-state index contributed by atoms with van der Waals surface area (Å²) < 4.78 is 0. The van der Waals surface area contributed by atoms with Crippen molar-refractivity contribution < 1.29 is 5.11 Å². The summed E-state index contributed by atoms with van der Waals surface area (Å²) in [5.41, 5.74) is 3.10. The molecule has 0 saturated heterocycles. The highest BCUT2D eigenvalue weighted by atomic mass is 16.3. The molecule has 2 nitrogen and oxygen atoms in total. The van der Waals surface area contributed by atoms with Gasteiger partial charge in [-0.05, 0) is 46.5 Å². The van der Waals surface area contributed by atoms with E-state index in [1.165, 1.54) is 31.3 Å². The summed E-state index contributed by atoms with van der Waals surface area (Å²) in [6, 6.07) is 0.517. The highest BCUT2D eigenvalue weighted by Gasteiger charge is 2.17. The number of aliphatic hydroxyl groups excluding tert-OH is 1. The molecular weight excluding hydrogens is 162 g/mol. The lowest BCUT2D eigenvalue weighted by molar-refractivity contribution is 0.133. The second kappa shape index (κ2) is 4.77. The van der Waals surface area contributed by atoms with Crippen LogP contribution in [0.1, 0.15) is 46.5 Å². The quantitative estimate of drug-likeness (QED) is 0.508. The van der Waals surface area contributed by atoms with E-state index in [2.05, 4.69) is 19.2 Å². The topological polar surface area (TPSA) is 32.3 Å². The second-order valence-electron chi connectivity index (χ2n) is 4.22. The zero-order chi connectivity index (χ0) is 9.84. The molecule has 1 saturated carbocycles. The number of hydrogen-bond acceptors (Lipinski definition) is 2. The van der Waals surface area contributed by atoms with Gasteiger partial charge < -0.3 is 5.11 Å². The summed E-state index contributed by atoms with van der Waals surface area (Å²) in [4.78, 5) is 0. The Hall–Kier alpha value is -0.340. The van der Waals surface area contributed by atoms with Crippen molar-refractivity contribution in [3.05, 3.63) is 11.1 Å². The van der Waals surface area contributed by atoms with Crippen LogP contribution in [0, 0.1) is 0 Å². The Balaban J connectivity index is 2.35. The van der Waals surface area contributed by atoms with Gasteiger partial charge in [-0.2, -0.15) is 0 Å². The van der Waals surface area contributed by atoms with Crippen LogP contribution in [0.4, 0.5) is 0 Å². The fraction of sp³-hybridized carbons (Fsp3) is 0.818. The first-order valence-electron chi connectivity index (χ1n) is 5.19. The number of aliphatic hydroxyl groups is 1. The number of allylic oxidation sites excluding steroid dienone is 2. The average Bonchev–Trinajstić information content (AvgIpc) is 2.04.